The minimum Gasteiger partial charge on any atom is -0.427 e. The van der Waals surface area contributed by atoms with Crippen LogP contribution >= 0.6 is 11.6 Å². The third kappa shape index (κ3) is 3.90. The third-order valence-corrected chi connectivity index (χ3v) is 2.72. The molecule has 0 aliphatic heterocycles. The van der Waals surface area contributed by atoms with E-state index in [1.54, 1.807) is 12.1 Å². The normalized spacial score (nSPS) is 10.1. The lowest BCUT2D eigenvalue weighted by Crippen LogP contribution is -2.08. The van der Waals surface area contributed by atoms with Gasteiger partial charge < -0.3 is 4.74 Å². The lowest BCUT2D eigenvalue weighted by Gasteiger charge is -2.04. The molecular formula is C15H13ClO2. The number of rotatable bonds is 4. The molecule has 0 bridgehead atoms. The summed E-state index contributed by atoms with van der Waals surface area (Å²) in [5.74, 6) is 0.342. The van der Waals surface area contributed by atoms with Crippen molar-refractivity contribution in [2.45, 2.75) is 12.8 Å². The van der Waals surface area contributed by atoms with Crippen molar-refractivity contribution in [2.24, 2.45) is 0 Å². The van der Waals surface area contributed by atoms with Crippen LogP contribution in [0, 0.1) is 0 Å². The molecule has 0 unspecified atom stereocenters. The Morgan fingerprint density at radius 1 is 1.06 bits per heavy atom. The number of carbonyl (C=O) groups is 1. The fourth-order valence-corrected chi connectivity index (χ4v) is 1.82. The first-order valence-corrected chi connectivity index (χ1v) is 6.12. The van der Waals surface area contributed by atoms with Crippen LogP contribution in [-0.4, -0.2) is 5.97 Å². The maximum atomic E-state index is 11.6. The van der Waals surface area contributed by atoms with Gasteiger partial charge in [-0.15, -0.1) is 0 Å². The maximum absolute atomic E-state index is 11.6. The average Bonchev–Trinajstić information content (AvgIpc) is 2.38. The number of ether oxygens (including phenoxy) is 1. The highest BCUT2D eigenvalue weighted by Gasteiger charge is 2.05. The molecule has 2 aromatic carbocycles. The molecule has 2 aromatic rings. The van der Waals surface area contributed by atoms with Gasteiger partial charge in [-0.3, -0.25) is 4.79 Å². The standard InChI is InChI=1S/C15H13ClO2/c16-13-6-4-5-12(11-13)9-10-15(17)18-14-7-2-1-3-8-14/h1-8,11H,9-10H2. The molecule has 0 aliphatic carbocycles. The number of hydrogen-bond donors (Lipinski definition) is 0. The molecule has 0 aromatic heterocycles. The third-order valence-electron chi connectivity index (χ3n) is 2.48. The number of esters is 1. The van der Waals surface area contributed by atoms with Crippen LogP contribution in [0.25, 0.3) is 0 Å². The topological polar surface area (TPSA) is 26.3 Å². The van der Waals surface area contributed by atoms with Gasteiger partial charge in [-0.25, -0.2) is 0 Å². The Hall–Kier alpha value is -1.80. The van der Waals surface area contributed by atoms with E-state index in [-0.39, 0.29) is 5.97 Å². The van der Waals surface area contributed by atoms with Gasteiger partial charge in [-0.05, 0) is 36.2 Å². The van der Waals surface area contributed by atoms with Gasteiger partial charge in [-0.1, -0.05) is 41.9 Å². The summed E-state index contributed by atoms with van der Waals surface area (Å²) in [5, 5.41) is 0.684. The fourth-order valence-electron chi connectivity index (χ4n) is 1.61. The molecule has 0 radical (unpaired) electrons. The Morgan fingerprint density at radius 2 is 1.83 bits per heavy atom. The highest BCUT2D eigenvalue weighted by Crippen LogP contribution is 2.13. The second-order valence-electron chi connectivity index (χ2n) is 3.92. The van der Waals surface area contributed by atoms with Crippen LogP contribution in [0.4, 0.5) is 0 Å². The van der Waals surface area contributed by atoms with Crippen molar-refractivity contribution in [3.8, 4) is 5.75 Å². The number of halogens is 1. The molecule has 0 saturated carbocycles. The molecule has 2 nitrogen and oxygen atoms in total. The van der Waals surface area contributed by atoms with E-state index in [4.69, 9.17) is 16.3 Å². The summed E-state index contributed by atoms with van der Waals surface area (Å²) in [5.41, 5.74) is 1.03. The summed E-state index contributed by atoms with van der Waals surface area (Å²) in [7, 11) is 0. The van der Waals surface area contributed by atoms with Crippen molar-refractivity contribution in [1.82, 2.24) is 0 Å². The lowest BCUT2D eigenvalue weighted by molar-refractivity contribution is -0.134. The van der Waals surface area contributed by atoms with Crippen molar-refractivity contribution in [1.29, 1.82) is 0 Å². The van der Waals surface area contributed by atoms with Crippen LogP contribution in [0.3, 0.4) is 0 Å². The van der Waals surface area contributed by atoms with Gasteiger partial charge in [0.05, 0.1) is 0 Å². The van der Waals surface area contributed by atoms with Crippen molar-refractivity contribution in [3.05, 3.63) is 65.2 Å². The van der Waals surface area contributed by atoms with E-state index in [2.05, 4.69) is 0 Å². The molecule has 92 valence electrons. The van der Waals surface area contributed by atoms with Crippen LogP contribution in [0.2, 0.25) is 5.02 Å². The molecule has 0 aliphatic rings. The van der Waals surface area contributed by atoms with Gasteiger partial charge >= 0.3 is 5.97 Å². The second kappa shape index (κ2) is 6.22. The van der Waals surface area contributed by atoms with Gasteiger partial charge in [0.2, 0.25) is 0 Å². The van der Waals surface area contributed by atoms with E-state index in [1.807, 2.05) is 42.5 Å². The fraction of sp³-hybridized carbons (Fsp3) is 0.133. The van der Waals surface area contributed by atoms with E-state index in [0.717, 1.165) is 5.56 Å². The second-order valence-corrected chi connectivity index (χ2v) is 4.35. The Kier molecular flexibility index (Phi) is 4.37. The van der Waals surface area contributed by atoms with Gasteiger partial charge in [0.25, 0.3) is 0 Å². The smallest absolute Gasteiger partial charge is 0.311 e. The highest BCUT2D eigenvalue weighted by molar-refractivity contribution is 6.30. The van der Waals surface area contributed by atoms with Gasteiger partial charge in [0.1, 0.15) is 5.75 Å². The predicted octanol–water partition coefficient (Wildman–Crippen LogP) is 3.88. The first-order chi connectivity index (χ1) is 8.74. The van der Waals surface area contributed by atoms with Crippen LogP contribution in [0.5, 0.6) is 5.75 Å². The SMILES string of the molecule is O=C(CCc1cccc(Cl)c1)Oc1ccccc1. The largest absolute Gasteiger partial charge is 0.427 e. The van der Waals surface area contributed by atoms with E-state index in [0.29, 0.717) is 23.6 Å². The molecule has 0 N–H and O–H groups in total. The molecule has 0 amide bonds. The van der Waals surface area contributed by atoms with Crippen molar-refractivity contribution >= 4 is 17.6 Å². The number of benzene rings is 2. The predicted molar refractivity (Wildman–Crippen MR) is 71.9 cm³/mol. The molecular weight excluding hydrogens is 248 g/mol. The Labute approximate surface area is 111 Å². The molecule has 0 saturated heterocycles. The molecule has 3 heteroatoms. The monoisotopic (exact) mass is 260 g/mol. The Balaban J connectivity index is 1.85. The highest BCUT2D eigenvalue weighted by atomic mass is 35.5. The summed E-state index contributed by atoms with van der Waals surface area (Å²) in [6.45, 7) is 0. The summed E-state index contributed by atoms with van der Waals surface area (Å²) in [4.78, 5) is 11.6. The average molecular weight is 261 g/mol. The number of para-hydroxylation sites is 1. The minimum absolute atomic E-state index is 0.235. The summed E-state index contributed by atoms with van der Waals surface area (Å²) < 4.78 is 5.19. The summed E-state index contributed by atoms with van der Waals surface area (Å²) >= 11 is 5.87. The molecule has 0 heterocycles. The number of carbonyl (C=O) groups excluding carboxylic acids is 1. The molecule has 2 rings (SSSR count). The summed E-state index contributed by atoms with van der Waals surface area (Å²) in [6, 6.07) is 16.6. The molecule has 0 spiro atoms. The zero-order valence-corrected chi connectivity index (χ0v) is 10.6. The van der Waals surface area contributed by atoms with E-state index >= 15 is 0 Å². The molecule has 0 fully saturated rings. The molecule has 0 atom stereocenters. The minimum atomic E-state index is -0.235. The van der Waals surface area contributed by atoms with Crippen LogP contribution in [0.15, 0.2) is 54.6 Å². The van der Waals surface area contributed by atoms with E-state index in [9.17, 15) is 4.79 Å². The first kappa shape index (κ1) is 12.7. The van der Waals surface area contributed by atoms with Crippen LogP contribution in [0.1, 0.15) is 12.0 Å². The van der Waals surface area contributed by atoms with E-state index in [1.165, 1.54) is 0 Å². The van der Waals surface area contributed by atoms with Crippen molar-refractivity contribution < 1.29 is 9.53 Å². The van der Waals surface area contributed by atoms with Crippen molar-refractivity contribution in [3.63, 3.8) is 0 Å². The van der Waals surface area contributed by atoms with Crippen LogP contribution < -0.4 is 4.74 Å². The van der Waals surface area contributed by atoms with Crippen molar-refractivity contribution in [2.75, 3.05) is 0 Å². The number of hydrogen-bond acceptors (Lipinski definition) is 2. The quantitative estimate of drug-likeness (QED) is 0.616. The zero-order chi connectivity index (χ0) is 12.8. The van der Waals surface area contributed by atoms with Gasteiger partial charge in [0.15, 0.2) is 0 Å². The summed E-state index contributed by atoms with van der Waals surface area (Å²) in [6.07, 6.45) is 0.974. The first-order valence-electron chi connectivity index (χ1n) is 5.74. The Bertz CT molecular complexity index is 523. The Morgan fingerprint density at radius 3 is 2.56 bits per heavy atom. The lowest BCUT2D eigenvalue weighted by atomic mass is 10.1. The van der Waals surface area contributed by atoms with Gasteiger partial charge in [-0.2, -0.15) is 0 Å². The van der Waals surface area contributed by atoms with Crippen LogP contribution in [-0.2, 0) is 11.2 Å². The van der Waals surface area contributed by atoms with E-state index < -0.39 is 0 Å². The maximum Gasteiger partial charge on any atom is 0.311 e. The molecule has 18 heavy (non-hydrogen) atoms. The zero-order valence-electron chi connectivity index (χ0n) is 9.80. The number of aryl methyl sites for hydroxylation is 1. The van der Waals surface area contributed by atoms with Gasteiger partial charge in [0, 0.05) is 11.4 Å².